The topological polar surface area (TPSA) is 54.0 Å². The first-order chi connectivity index (χ1) is 13.0. The van der Waals surface area contributed by atoms with Gasteiger partial charge < -0.3 is 18.9 Å². The van der Waals surface area contributed by atoms with E-state index in [1.165, 1.54) is 13.2 Å². The van der Waals surface area contributed by atoms with Crippen LogP contribution in [0.25, 0.3) is 0 Å². The van der Waals surface area contributed by atoms with Crippen molar-refractivity contribution in [3.05, 3.63) is 71.3 Å². The highest BCUT2D eigenvalue weighted by Crippen LogP contribution is 2.41. The zero-order valence-corrected chi connectivity index (χ0v) is 16.0. The number of carbonyl (C=O) groups is 1. The van der Waals surface area contributed by atoms with Crippen LogP contribution in [-0.2, 0) is 26.5 Å². The Labute approximate surface area is 159 Å². The molecule has 0 spiro atoms. The second-order valence-corrected chi connectivity index (χ2v) is 6.57. The summed E-state index contributed by atoms with van der Waals surface area (Å²) in [6, 6.07) is 13.5. The van der Waals surface area contributed by atoms with Crippen molar-refractivity contribution in [1.82, 2.24) is 0 Å². The van der Waals surface area contributed by atoms with Gasteiger partial charge in [0.25, 0.3) is 0 Å². The predicted molar refractivity (Wildman–Crippen MR) is 102 cm³/mol. The molecule has 27 heavy (non-hydrogen) atoms. The number of rotatable bonds is 6. The van der Waals surface area contributed by atoms with E-state index < -0.39 is 11.9 Å². The van der Waals surface area contributed by atoms with Crippen molar-refractivity contribution in [2.45, 2.75) is 32.3 Å². The van der Waals surface area contributed by atoms with E-state index in [0.717, 1.165) is 11.1 Å². The molecule has 0 bridgehead atoms. The van der Waals surface area contributed by atoms with Crippen LogP contribution in [0.5, 0.6) is 11.5 Å². The van der Waals surface area contributed by atoms with E-state index in [-0.39, 0.29) is 5.78 Å². The number of benzene rings is 2. The Hall–Kier alpha value is -2.63. The van der Waals surface area contributed by atoms with Crippen molar-refractivity contribution < 1.29 is 23.7 Å². The second-order valence-electron chi connectivity index (χ2n) is 6.57. The monoisotopic (exact) mass is 368 g/mol. The lowest BCUT2D eigenvalue weighted by Gasteiger charge is -2.35. The van der Waals surface area contributed by atoms with E-state index in [2.05, 4.69) is 0 Å². The Morgan fingerprint density at radius 3 is 2.52 bits per heavy atom. The van der Waals surface area contributed by atoms with Gasteiger partial charge in [0.2, 0.25) is 0 Å². The standard InChI is InChI=1S/C22H24O5/c1-15-12-19(26-14-16-8-6-5-7-9-16)17(13-18(15)24-3)22(2)20(23)10-11-21(25-4)27-22/h5-13,21H,14H2,1-4H3/t21-,22-/m0/s1. The lowest BCUT2D eigenvalue weighted by Crippen LogP contribution is -2.41. The number of methoxy groups -OCH3 is 2. The van der Waals surface area contributed by atoms with Crippen LogP contribution in [0.15, 0.2) is 54.6 Å². The van der Waals surface area contributed by atoms with Crippen molar-refractivity contribution >= 4 is 5.78 Å². The van der Waals surface area contributed by atoms with E-state index in [0.29, 0.717) is 23.7 Å². The number of aryl methyl sites for hydroxylation is 1. The number of carbonyl (C=O) groups excluding carboxylic acids is 1. The van der Waals surface area contributed by atoms with Crippen LogP contribution in [-0.4, -0.2) is 26.3 Å². The molecular formula is C22H24O5. The maximum atomic E-state index is 12.7. The summed E-state index contributed by atoms with van der Waals surface area (Å²) in [6.45, 7) is 4.04. The fourth-order valence-electron chi connectivity index (χ4n) is 3.09. The third-order valence-corrected chi connectivity index (χ3v) is 4.71. The molecule has 0 amide bonds. The summed E-state index contributed by atoms with van der Waals surface area (Å²) in [7, 11) is 3.13. The minimum atomic E-state index is -1.23. The maximum absolute atomic E-state index is 12.7. The minimum Gasteiger partial charge on any atom is -0.496 e. The highest BCUT2D eigenvalue weighted by Gasteiger charge is 2.42. The summed E-state index contributed by atoms with van der Waals surface area (Å²) in [6.07, 6.45) is 2.48. The van der Waals surface area contributed by atoms with Gasteiger partial charge in [-0.15, -0.1) is 0 Å². The molecule has 0 N–H and O–H groups in total. The van der Waals surface area contributed by atoms with E-state index in [4.69, 9.17) is 18.9 Å². The van der Waals surface area contributed by atoms with Crippen LogP contribution in [0.3, 0.4) is 0 Å². The molecule has 2 aromatic rings. The summed E-state index contributed by atoms with van der Waals surface area (Å²) in [5, 5.41) is 0. The predicted octanol–water partition coefficient (Wildman–Crippen LogP) is 3.93. The number of hydrogen-bond acceptors (Lipinski definition) is 5. The first-order valence-electron chi connectivity index (χ1n) is 8.77. The molecule has 0 unspecified atom stereocenters. The second kappa shape index (κ2) is 7.94. The Morgan fingerprint density at radius 1 is 1.11 bits per heavy atom. The summed E-state index contributed by atoms with van der Waals surface area (Å²) in [4.78, 5) is 12.7. The first-order valence-corrected chi connectivity index (χ1v) is 8.77. The smallest absolute Gasteiger partial charge is 0.191 e. The molecule has 0 aliphatic carbocycles. The summed E-state index contributed by atoms with van der Waals surface area (Å²) < 4.78 is 22.8. The van der Waals surface area contributed by atoms with Crippen LogP contribution in [0, 0.1) is 6.92 Å². The van der Waals surface area contributed by atoms with Crippen LogP contribution in [0.4, 0.5) is 0 Å². The lowest BCUT2D eigenvalue weighted by molar-refractivity contribution is -0.186. The van der Waals surface area contributed by atoms with Gasteiger partial charge in [-0.1, -0.05) is 30.3 Å². The Balaban J connectivity index is 2.01. The zero-order chi connectivity index (χ0) is 19.4. The van der Waals surface area contributed by atoms with Gasteiger partial charge in [0.05, 0.1) is 7.11 Å². The molecule has 1 heterocycles. The molecule has 2 aromatic carbocycles. The molecule has 2 atom stereocenters. The summed E-state index contributed by atoms with van der Waals surface area (Å²) >= 11 is 0. The van der Waals surface area contributed by atoms with Crippen molar-refractivity contribution in [3.8, 4) is 11.5 Å². The van der Waals surface area contributed by atoms with Gasteiger partial charge in [-0.25, -0.2) is 0 Å². The van der Waals surface area contributed by atoms with Crippen molar-refractivity contribution in [1.29, 1.82) is 0 Å². The third kappa shape index (κ3) is 3.89. The first kappa shape index (κ1) is 19.1. The van der Waals surface area contributed by atoms with Gasteiger partial charge in [0, 0.05) is 12.7 Å². The summed E-state index contributed by atoms with van der Waals surface area (Å²) in [5.41, 5.74) is 1.32. The van der Waals surface area contributed by atoms with Crippen LogP contribution in [0.1, 0.15) is 23.6 Å². The quantitative estimate of drug-likeness (QED) is 0.773. The van der Waals surface area contributed by atoms with Crippen LogP contribution in [0.2, 0.25) is 0 Å². The largest absolute Gasteiger partial charge is 0.496 e. The molecule has 0 radical (unpaired) electrons. The Bertz CT molecular complexity index is 843. The molecule has 0 saturated heterocycles. The van der Waals surface area contributed by atoms with E-state index in [1.807, 2.05) is 43.3 Å². The lowest BCUT2D eigenvalue weighted by atomic mass is 9.87. The molecule has 0 saturated carbocycles. The Kier molecular flexibility index (Phi) is 5.63. The average Bonchev–Trinajstić information content (AvgIpc) is 2.69. The van der Waals surface area contributed by atoms with Gasteiger partial charge >= 0.3 is 0 Å². The molecule has 0 aromatic heterocycles. The molecule has 1 aliphatic heterocycles. The van der Waals surface area contributed by atoms with Gasteiger partial charge in [-0.2, -0.15) is 0 Å². The van der Waals surface area contributed by atoms with E-state index >= 15 is 0 Å². The summed E-state index contributed by atoms with van der Waals surface area (Å²) in [5.74, 6) is 1.07. The maximum Gasteiger partial charge on any atom is 0.191 e. The van der Waals surface area contributed by atoms with Crippen molar-refractivity contribution in [2.24, 2.45) is 0 Å². The number of hydrogen-bond donors (Lipinski definition) is 0. The van der Waals surface area contributed by atoms with Gasteiger partial charge in [0.1, 0.15) is 18.1 Å². The average molecular weight is 368 g/mol. The SMILES string of the molecule is COc1cc([C@]2(C)O[C@H](OC)C=CC2=O)c(OCc2ccccc2)cc1C. The number of ether oxygens (including phenoxy) is 4. The molecule has 3 rings (SSSR count). The number of ketones is 1. The normalized spacial score (nSPS) is 21.9. The van der Waals surface area contributed by atoms with Gasteiger partial charge in [0.15, 0.2) is 17.7 Å². The molecule has 0 fully saturated rings. The minimum absolute atomic E-state index is 0.175. The zero-order valence-electron chi connectivity index (χ0n) is 16.0. The van der Waals surface area contributed by atoms with Gasteiger partial charge in [-0.3, -0.25) is 4.79 Å². The van der Waals surface area contributed by atoms with E-state index in [1.54, 1.807) is 26.2 Å². The van der Waals surface area contributed by atoms with Crippen molar-refractivity contribution in [2.75, 3.05) is 14.2 Å². The fraction of sp³-hybridized carbons (Fsp3) is 0.318. The molecule has 142 valence electrons. The van der Waals surface area contributed by atoms with E-state index in [9.17, 15) is 4.79 Å². The highest BCUT2D eigenvalue weighted by atomic mass is 16.7. The molecule has 5 heteroatoms. The van der Waals surface area contributed by atoms with Crippen LogP contribution >= 0.6 is 0 Å². The molecule has 1 aliphatic rings. The van der Waals surface area contributed by atoms with Crippen LogP contribution < -0.4 is 9.47 Å². The Morgan fingerprint density at radius 2 is 1.85 bits per heavy atom. The molecular weight excluding hydrogens is 344 g/mol. The van der Waals surface area contributed by atoms with Crippen molar-refractivity contribution in [3.63, 3.8) is 0 Å². The molecule has 5 nitrogen and oxygen atoms in total. The third-order valence-electron chi connectivity index (χ3n) is 4.71. The van der Waals surface area contributed by atoms with Gasteiger partial charge in [-0.05, 0) is 49.3 Å². The highest BCUT2D eigenvalue weighted by molar-refractivity contribution is 5.98. The fourth-order valence-corrected chi connectivity index (χ4v) is 3.09.